The van der Waals surface area contributed by atoms with Gasteiger partial charge in [0, 0.05) is 24.2 Å². The van der Waals surface area contributed by atoms with Gasteiger partial charge in [0.15, 0.2) is 16.3 Å². The summed E-state index contributed by atoms with van der Waals surface area (Å²) in [7, 11) is 2.73. The molecule has 11 nitrogen and oxygen atoms in total. The molecule has 6 rings (SSSR count). The first-order valence-corrected chi connectivity index (χ1v) is 16.8. The number of aromatic nitrogens is 3. The summed E-state index contributed by atoms with van der Waals surface area (Å²) in [5.74, 6) is 0.141. The lowest BCUT2D eigenvalue weighted by molar-refractivity contribution is -0.136. The molecule has 1 aliphatic rings. The molecule has 0 amide bonds. The Bertz CT molecular complexity index is 2320. The van der Waals surface area contributed by atoms with Crippen LogP contribution in [-0.2, 0) is 14.3 Å². The topological polar surface area (TPSA) is 123 Å². The zero-order valence-corrected chi connectivity index (χ0v) is 29.4. The van der Waals surface area contributed by atoms with Gasteiger partial charge in [-0.1, -0.05) is 42.5 Å². The predicted molar refractivity (Wildman–Crippen MR) is 190 cm³/mol. The number of para-hydroxylation sites is 1. The second-order valence-corrected chi connectivity index (χ2v) is 12.6. The Balaban J connectivity index is 1.54. The van der Waals surface area contributed by atoms with Crippen molar-refractivity contribution in [2.24, 2.45) is 4.99 Å². The van der Waals surface area contributed by atoms with Crippen LogP contribution in [0, 0.1) is 6.92 Å². The molecule has 12 heteroatoms. The highest BCUT2D eigenvalue weighted by molar-refractivity contribution is 7.07. The number of aryl methyl sites for hydroxylation is 1. The van der Waals surface area contributed by atoms with E-state index in [2.05, 4.69) is 11.9 Å². The van der Waals surface area contributed by atoms with E-state index < -0.39 is 18.0 Å². The number of nitrogens with zero attached hydrogens (tertiary/aromatic N) is 4. The zero-order chi connectivity index (χ0) is 35.5. The van der Waals surface area contributed by atoms with Crippen molar-refractivity contribution in [2.45, 2.75) is 40.2 Å². The number of ether oxygens (including phenoxy) is 4. The van der Waals surface area contributed by atoms with Gasteiger partial charge in [-0.25, -0.2) is 14.5 Å². The van der Waals surface area contributed by atoms with Crippen molar-refractivity contribution in [3.8, 4) is 34.2 Å². The summed E-state index contributed by atoms with van der Waals surface area (Å²) in [6.45, 7) is 7.68. The van der Waals surface area contributed by atoms with Crippen molar-refractivity contribution >= 4 is 29.4 Å². The number of methoxy groups -OCH3 is 2. The van der Waals surface area contributed by atoms with E-state index in [0.717, 1.165) is 29.0 Å². The van der Waals surface area contributed by atoms with E-state index in [9.17, 15) is 14.4 Å². The highest BCUT2D eigenvalue weighted by Crippen LogP contribution is 2.36. The fraction of sp³-hybridized carbons (Fsp3) is 0.237. The minimum Gasteiger partial charge on any atom is -0.493 e. The van der Waals surface area contributed by atoms with E-state index in [4.69, 9.17) is 24.0 Å². The number of allylic oxidation sites excluding steroid dienone is 1. The summed E-state index contributed by atoms with van der Waals surface area (Å²) in [5.41, 5.74) is 4.89. The summed E-state index contributed by atoms with van der Waals surface area (Å²) in [5, 5.41) is 4.96. The Morgan fingerprint density at radius 2 is 1.74 bits per heavy atom. The molecule has 0 bridgehead atoms. The Labute approximate surface area is 292 Å². The molecule has 3 aromatic carbocycles. The third-order valence-corrected chi connectivity index (χ3v) is 9.13. The van der Waals surface area contributed by atoms with Crippen LogP contribution in [0.1, 0.15) is 49.9 Å². The fourth-order valence-corrected chi connectivity index (χ4v) is 6.88. The molecule has 1 atom stereocenters. The molecule has 0 unspecified atom stereocenters. The average Bonchev–Trinajstić information content (AvgIpc) is 3.67. The van der Waals surface area contributed by atoms with E-state index in [1.54, 1.807) is 35.9 Å². The third kappa shape index (κ3) is 6.61. The number of carbonyl (C=O) groups is 2. The number of thiazole rings is 1. The second-order valence-electron chi connectivity index (χ2n) is 11.6. The van der Waals surface area contributed by atoms with Gasteiger partial charge in [0.1, 0.15) is 11.4 Å². The van der Waals surface area contributed by atoms with Crippen molar-refractivity contribution in [1.82, 2.24) is 14.3 Å². The fourth-order valence-electron chi connectivity index (χ4n) is 5.84. The van der Waals surface area contributed by atoms with Crippen LogP contribution in [0.5, 0.6) is 17.2 Å². The molecular formula is C38H36N4O7S. The van der Waals surface area contributed by atoms with Crippen LogP contribution < -0.4 is 29.1 Å². The normalized spacial score (nSPS) is 14.2. The Morgan fingerprint density at radius 1 is 0.980 bits per heavy atom. The van der Waals surface area contributed by atoms with Gasteiger partial charge in [-0.05, 0) is 79.9 Å². The SMILES string of the molecule is CCCOc1ccc(-c2nn(-c3ccccc3)cc2/C=c2\sc3n(c2=O)[C@H](c2ccc(OC(C)=O)c(OC)c2)C(C(=O)OC)=C(C)N=3)cc1C. The van der Waals surface area contributed by atoms with Crippen LogP contribution in [-0.4, -0.2) is 47.1 Å². The van der Waals surface area contributed by atoms with E-state index in [1.165, 1.54) is 37.0 Å². The third-order valence-electron chi connectivity index (χ3n) is 8.14. The van der Waals surface area contributed by atoms with Gasteiger partial charge >= 0.3 is 11.9 Å². The van der Waals surface area contributed by atoms with Gasteiger partial charge in [0.2, 0.25) is 0 Å². The van der Waals surface area contributed by atoms with Crippen molar-refractivity contribution in [3.63, 3.8) is 0 Å². The van der Waals surface area contributed by atoms with Gasteiger partial charge < -0.3 is 18.9 Å². The molecule has 256 valence electrons. The molecule has 2 aromatic heterocycles. The first kappa shape index (κ1) is 34.1. The first-order valence-electron chi connectivity index (χ1n) is 16.0. The van der Waals surface area contributed by atoms with Crippen molar-refractivity contribution in [3.05, 3.63) is 121 Å². The largest absolute Gasteiger partial charge is 0.493 e. The molecule has 0 saturated carbocycles. The Morgan fingerprint density at radius 3 is 2.42 bits per heavy atom. The highest BCUT2D eigenvalue weighted by atomic mass is 32.1. The van der Waals surface area contributed by atoms with Crippen LogP contribution in [0.25, 0.3) is 23.0 Å². The number of carbonyl (C=O) groups excluding carboxylic acids is 2. The summed E-state index contributed by atoms with van der Waals surface area (Å²) in [4.78, 5) is 44.4. The van der Waals surface area contributed by atoms with Gasteiger partial charge in [0.05, 0.1) is 48.4 Å². The minimum atomic E-state index is -0.897. The van der Waals surface area contributed by atoms with Gasteiger partial charge in [-0.15, -0.1) is 0 Å². The number of benzene rings is 3. The first-order chi connectivity index (χ1) is 24.1. The summed E-state index contributed by atoms with van der Waals surface area (Å²) in [6, 6.07) is 19.7. The van der Waals surface area contributed by atoms with Crippen LogP contribution in [0.3, 0.4) is 0 Å². The van der Waals surface area contributed by atoms with Gasteiger partial charge in [0.25, 0.3) is 5.56 Å². The predicted octanol–water partition coefficient (Wildman–Crippen LogP) is 5.29. The van der Waals surface area contributed by atoms with E-state index in [1.807, 2.05) is 61.7 Å². The van der Waals surface area contributed by atoms with E-state index in [0.29, 0.717) is 38.5 Å². The summed E-state index contributed by atoms with van der Waals surface area (Å²) in [6.07, 6.45) is 4.60. The van der Waals surface area contributed by atoms with E-state index in [-0.39, 0.29) is 22.6 Å². The minimum absolute atomic E-state index is 0.201. The molecular weight excluding hydrogens is 657 g/mol. The molecule has 0 fully saturated rings. The lowest BCUT2D eigenvalue weighted by atomic mass is 9.95. The smallest absolute Gasteiger partial charge is 0.338 e. The molecule has 0 spiro atoms. The standard InChI is InChI=1S/C38H36N4O7S/c1-7-17-48-29-15-13-25(18-22(29)2)34-27(21-41(40-34)28-11-9-8-10-12-28)20-32-36(44)42-35(33(37(45)47-6)23(3)39-38(42)50-32)26-14-16-30(49-24(4)43)31(19-26)46-5/h8-16,18-21,35H,7,17H2,1-6H3/b32-20-/t35-/m1/s1. The molecule has 5 aromatic rings. The number of hydrogen-bond acceptors (Lipinski definition) is 10. The van der Waals surface area contributed by atoms with Crippen molar-refractivity contribution in [1.29, 1.82) is 0 Å². The van der Waals surface area contributed by atoms with Gasteiger partial charge in [-0.2, -0.15) is 5.10 Å². The lowest BCUT2D eigenvalue weighted by Gasteiger charge is -2.25. The number of rotatable bonds is 10. The number of fused-ring (bicyclic) bond motifs is 1. The van der Waals surface area contributed by atoms with Crippen LogP contribution in [0.2, 0.25) is 0 Å². The maximum atomic E-state index is 14.4. The van der Waals surface area contributed by atoms with Crippen LogP contribution >= 0.6 is 11.3 Å². The molecule has 0 radical (unpaired) electrons. The lowest BCUT2D eigenvalue weighted by Crippen LogP contribution is -2.39. The van der Waals surface area contributed by atoms with Crippen molar-refractivity contribution in [2.75, 3.05) is 20.8 Å². The Hall–Kier alpha value is -5.75. The molecule has 0 saturated heterocycles. The highest BCUT2D eigenvalue weighted by Gasteiger charge is 2.34. The van der Waals surface area contributed by atoms with Crippen LogP contribution in [0.4, 0.5) is 0 Å². The monoisotopic (exact) mass is 692 g/mol. The molecule has 3 heterocycles. The quantitative estimate of drug-likeness (QED) is 0.143. The molecule has 0 aliphatic carbocycles. The Kier molecular flexibility index (Phi) is 9.82. The number of esters is 2. The van der Waals surface area contributed by atoms with Crippen LogP contribution in [0.15, 0.2) is 94.0 Å². The van der Waals surface area contributed by atoms with Gasteiger partial charge in [-0.3, -0.25) is 14.2 Å². The molecule has 1 aliphatic heterocycles. The maximum absolute atomic E-state index is 14.4. The number of hydrogen-bond donors (Lipinski definition) is 0. The molecule has 50 heavy (non-hydrogen) atoms. The zero-order valence-electron chi connectivity index (χ0n) is 28.6. The summed E-state index contributed by atoms with van der Waals surface area (Å²) < 4.78 is 25.6. The summed E-state index contributed by atoms with van der Waals surface area (Å²) >= 11 is 1.21. The maximum Gasteiger partial charge on any atom is 0.338 e. The van der Waals surface area contributed by atoms with Crippen molar-refractivity contribution < 1.29 is 28.5 Å². The van der Waals surface area contributed by atoms with E-state index >= 15 is 0 Å². The second kappa shape index (κ2) is 14.4. The molecule has 0 N–H and O–H groups in total. The average molecular weight is 693 g/mol.